The average molecular weight is 270 g/mol. The van der Waals surface area contributed by atoms with Gasteiger partial charge in [0.05, 0.1) is 17.6 Å². The van der Waals surface area contributed by atoms with E-state index < -0.39 is 11.0 Å². The highest BCUT2D eigenvalue weighted by atomic mass is 16.6. The van der Waals surface area contributed by atoms with Gasteiger partial charge >= 0.3 is 0 Å². The number of aliphatic imine (C=N–C) groups is 1. The van der Waals surface area contributed by atoms with Crippen LogP contribution >= 0.6 is 0 Å². The molecule has 2 rings (SSSR count). The van der Waals surface area contributed by atoms with Gasteiger partial charge in [-0.15, -0.1) is 0 Å². The van der Waals surface area contributed by atoms with Crippen LogP contribution in [0.1, 0.15) is 17.2 Å². The van der Waals surface area contributed by atoms with Gasteiger partial charge in [0.15, 0.2) is 0 Å². The summed E-state index contributed by atoms with van der Waals surface area (Å²) >= 11 is 0. The first-order valence-corrected chi connectivity index (χ1v) is 6.14. The van der Waals surface area contributed by atoms with Crippen molar-refractivity contribution in [3.8, 4) is 0 Å². The Morgan fingerprint density at radius 3 is 2.40 bits per heavy atom. The number of nitro groups is 1. The first-order chi connectivity index (χ1) is 9.66. The predicted octanol–water partition coefficient (Wildman–Crippen LogP) is 2.75. The molecule has 1 atom stereocenters. The van der Waals surface area contributed by atoms with Gasteiger partial charge in [-0.05, 0) is 23.3 Å². The molecule has 5 nitrogen and oxygen atoms in total. The molecule has 102 valence electrons. The summed E-state index contributed by atoms with van der Waals surface area (Å²) in [5.74, 6) is 0. The lowest BCUT2D eigenvalue weighted by molar-refractivity contribution is -0.384. The van der Waals surface area contributed by atoms with Crippen LogP contribution in [0.5, 0.6) is 0 Å². The molecule has 0 aliphatic heterocycles. The number of aliphatic hydroxyl groups is 1. The molecule has 0 aromatic heterocycles. The summed E-state index contributed by atoms with van der Waals surface area (Å²) in [7, 11) is 0. The van der Waals surface area contributed by atoms with Gasteiger partial charge in [0, 0.05) is 18.3 Å². The molecule has 0 saturated heterocycles. The molecule has 0 spiro atoms. The molecule has 5 heteroatoms. The molecule has 0 radical (unpaired) electrons. The van der Waals surface area contributed by atoms with E-state index in [9.17, 15) is 15.2 Å². The minimum Gasteiger partial charge on any atom is -0.386 e. The topological polar surface area (TPSA) is 75.7 Å². The highest BCUT2D eigenvalue weighted by Gasteiger charge is 2.09. The normalized spacial score (nSPS) is 12.4. The Balaban J connectivity index is 1.96. The number of nitro benzene ring substituents is 1. The zero-order chi connectivity index (χ0) is 14.4. The smallest absolute Gasteiger partial charge is 0.269 e. The summed E-state index contributed by atoms with van der Waals surface area (Å²) in [6.45, 7) is 0.215. The molecule has 2 aromatic rings. The highest BCUT2D eigenvalue weighted by molar-refractivity contribution is 5.79. The minimum atomic E-state index is -0.768. The Hall–Kier alpha value is -2.53. The van der Waals surface area contributed by atoms with E-state index >= 15 is 0 Å². The Bertz CT molecular complexity index is 594. The van der Waals surface area contributed by atoms with Crippen LogP contribution in [0.25, 0.3) is 0 Å². The third-order valence-electron chi connectivity index (χ3n) is 2.81. The van der Waals surface area contributed by atoms with E-state index in [1.165, 1.54) is 12.1 Å². The number of rotatable bonds is 5. The number of nitrogens with zero attached hydrogens (tertiary/aromatic N) is 2. The monoisotopic (exact) mass is 270 g/mol. The van der Waals surface area contributed by atoms with Crippen molar-refractivity contribution < 1.29 is 10.0 Å². The van der Waals surface area contributed by atoms with Crippen molar-refractivity contribution in [3.05, 3.63) is 75.8 Å². The summed E-state index contributed by atoms with van der Waals surface area (Å²) in [5.41, 5.74) is 1.58. The van der Waals surface area contributed by atoms with Gasteiger partial charge in [-0.2, -0.15) is 0 Å². The number of benzene rings is 2. The molecule has 1 N–H and O–H groups in total. The third kappa shape index (κ3) is 3.73. The van der Waals surface area contributed by atoms with Gasteiger partial charge in [0.25, 0.3) is 5.69 Å². The van der Waals surface area contributed by atoms with Crippen LogP contribution in [-0.4, -0.2) is 22.8 Å². The van der Waals surface area contributed by atoms with Crippen LogP contribution in [0.3, 0.4) is 0 Å². The first-order valence-electron chi connectivity index (χ1n) is 6.14. The number of hydrogen-bond donors (Lipinski definition) is 1. The Kier molecular flexibility index (Phi) is 4.57. The lowest BCUT2D eigenvalue weighted by Crippen LogP contribution is -2.02. The second-order valence-electron chi connectivity index (χ2n) is 4.27. The van der Waals surface area contributed by atoms with Crippen molar-refractivity contribution in [2.24, 2.45) is 4.99 Å². The van der Waals surface area contributed by atoms with E-state index in [0.29, 0.717) is 5.56 Å². The van der Waals surface area contributed by atoms with Crippen LogP contribution in [0.2, 0.25) is 0 Å². The van der Waals surface area contributed by atoms with E-state index in [1.54, 1.807) is 18.3 Å². The Labute approximate surface area is 116 Å². The Morgan fingerprint density at radius 2 is 1.80 bits per heavy atom. The van der Waals surface area contributed by atoms with E-state index in [-0.39, 0.29) is 12.2 Å². The third-order valence-corrected chi connectivity index (χ3v) is 2.81. The van der Waals surface area contributed by atoms with Crippen molar-refractivity contribution in [2.75, 3.05) is 6.54 Å². The fourth-order valence-corrected chi connectivity index (χ4v) is 1.72. The minimum absolute atomic E-state index is 0.00809. The van der Waals surface area contributed by atoms with Crippen LogP contribution in [-0.2, 0) is 0 Å². The highest BCUT2D eigenvalue weighted by Crippen LogP contribution is 2.17. The second-order valence-corrected chi connectivity index (χ2v) is 4.27. The van der Waals surface area contributed by atoms with Gasteiger partial charge in [0.2, 0.25) is 0 Å². The molecular formula is C15H14N2O3. The molecule has 0 bridgehead atoms. The van der Waals surface area contributed by atoms with Gasteiger partial charge in [-0.1, -0.05) is 30.3 Å². The van der Waals surface area contributed by atoms with Crippen molar-refractivity contribution in [1.82, 2.24) is 0 Å². The van der Waals surface area contributed by atoms with Gasteiger partial charge < -0.3 is 5.11 Å². The maximum atomic E-state index is 10.5. The van der Waals surface area contributed by atoms with Crippen LogP contribution in [0.4, 0.5) is 5.69 Å². The number of aliphatic hydroxyl groups excluding tert-OH is 1. The summed E-state index contributed by atoms with van der Waals surface area (Å²) in [5, 5.41) is 20.5. The fraction of sp³-hybridized carbons (Fsp3) is 0.133. The largest absolute Gasteiger partial charge is 0.386 e. The van der Waals surface area contributed by atoms with Crippen LogP contribution in [0, 0.1) is 10.1 Å². The van der Waals surface area contributed by atoms with Crippen molar-refractivity contribution in [1.29, 1.82) is 0 Å². The summed E-state index contributed by atoms with van der Waals surface area (Å²) < 4.78 is 0. The molecule has 0 amide bonds. The van der Waals surface area contributed by atoms with Crippen molar-refractivity contribution in [3.63, 3.8) is 0 Å². The van der Waals surface area contributed by atoms with Crippen LogP contribution in [0.15, 0.2) is 59.6 Å². The average Bonchev–Trinajstić information content (AvgIpc) is 2.48. The summed E-state index contributed by atoms with van der Waals surface area (Å²) in [6.07, 6.45) is 0.921. The van der Waals surface area contributed by atoms with Gasteiger partial charge in [-0.25, -0.2) is 0 Å². The lowest BCUT2D eigenvalue weighted by atomic mass is 10.1. The van der Waals surface area contributed by atoms with Gasteiger partial charge in [0.1, 0.15) is 0 Å². The van der Waals surface area contributed by atoms with E-state index in [2.05, 4.69) is 4.99 Å². The quantitative estimate of drug-likeness (QED) is 0.515. The molecule has 0 saturated carbocycles. The molecule has 0 aliphatic carbocycles. The van der Waals surface area contributed by atoms with E-state index in [4.69, 9.17) is 0 Å². The maximum Gasteiger partial charge on any atom is 0.269 e. The zero-order valence-corrected chi connectivity index (χ0v) is 10.7. The molecular weight excluding hydrogens is 256 g/mol. The molecule has 20 heavy (non-hydrogen) atoms. The summed E-state index contributed by atoms with van der Waals surface area (Å²) in [4.78, 5) is 14.2. The first kappa shape index (κ1) is 13.9. The zero-order valence-electron chi connectivity index (χ0n) is 10.7. The number of non-ortho nitro benzene ring substituents is 1. The molecule has 0 unspecified atom stereocenters. The standard InChI is InChI=1S/C15H14N2O3/c18-15(11-16-10-12-4-2-1-3-5-12)13-6-8-14(9-7-13)17(19)20/h1-10,15,18H,11H2/t15-/m1/s1. The van der Waals surface area contributed by atoms with Gasteiger partial charge in [-0.3, -0.25) is 15.1 Å². The summed E-state index contributed by atoms with van der Waals surface area (Å²) in [6, 6.07) is 15.4. The molecule has 0 heterocycles. The van der Waals surface area contributed by atoms with E-state index in [0.717, 1.165) is 5.56 Å². The lowest BCUT2D eigenvalue weighted by Gasteiger charge is -2.07. The SMILES string of the molecule is O=[N+]([O-])c1ccc([C@H](O)CN=Cc2ccccc2)cc1. The predicted molar refractivity (Wildman–Crippen MR) is 77.0 cm³/mol. The molecule has 2 aromatic carbocycles. The maximum absolute atomic E-state index is 10.5. The number of hydrogen-bond acceptors (Lipinski definition) is 4. The Morgan fingerprint density at radius 1 is 1.15 bits per heavy atom. The van der Waals surface area contributed by atoms with Crippen molar-refractivity contribution >= 4 is 11.9 Å². The van der Waals surface area contributed by atoms with E-state index in [1.807, 2.05) is 30.3 Å². The van der Waals surface area contributed by atoms with Crippen molar-refractivity contribution in [2.45, 2.75) is 6.10 Å². The second kappa shape index (κ2) is 6.58. The molecule has 0 fully saturated rings. The fourth-order valence-electron chi connectivity index (χ4n) is 1.72. The molecule has 0 aliphatic rings. The van der Waals surface area contributed by atoms with Crippen LogP contribution < -0.4 is 0 Å².